The SMILES string of the molecule is COC(=O)C1=C(C)NC2=C(C(=O)C[C@H](c3ccccc3OC)C2)[C@H]1c1ccc(OC)c(OC)c1OC. The summed E-state index contributed by atoms with van der Waals surface area (Å²) in [6.07, 6.45) is 0.861. The van der Waals surface area contributed by atoms with Gasteiger partial charge in [0, 0.05) is 34.9 Å². The third-order valence-electron chi connectivity index (χ3n) is 6.86. The summed E-state index contributed by atoms with van der Waals surface area (Å²) in [5.74, 6) is 0.654. The van der Waals surface area contributed by atoms with Crippen molar-refractivity contribution in [1.29, 1.82) is 0 Å². The number of methoxy groups -OCH3 is 5. The van der Waals surface area contributed by atoms with Gasteiger partial charge in [-0.15, -0.1) is 0 Å². The monoisotopic (exact) mass is 493 g/mol. The zero-order valence-corrected chi connectivity index (χ0v) is 21.4. The first-order chi connectivity index (χ1) is 17.4. The molecule has 8 nitrogen and oxygen atoms in total. The third kappa shape index (κ3) is 4.17. The molecule has 2 aromatic rings. The fourth-order valence-electron chi connectivity index (χ4n) is 5.31. The van der Waals surface area contributed by atoms with Gasteiger partial charge < -0.3 is 29.0 Å². The smallest absolute Gasteiger partial charge is 0.336 e. The molecule has 0 fully saturated rings. The molecule has 1 heterocycles. The molecule has 2 aromatic carbocycles. The molecule has 0 saturated carbocycles. The number of allylic oxidation sites excluding steroid dienone is 3. The van der Waals surface area contributed by atoms with Gasteiger partial charge in [-0.1, -0.05) is 24.3 Å². The Bertz CT molecular complexity index is 1260. The van der Waals surface area contributed by atoms with Crippen molar-refractivity contribution in [2.24, 2.45) is 0 Å². The van der Waals surface area contributed by atoms with Crippen molar-refractivity contribution in [3.8, 4) is 23.0 Å². The van der Waals surface area contributed by atoms with E-state index in [0.29, 0.717) is 46.1 Å². The number of para-hydroxylation sites is 1. The van der Waals surface area contributed by atoms with Crippen LogP contribution in [0.3, 0.4) is 0 Å². The molecule has 0 bridgehead atoms. The minimum absolute atomic E-state index is 0.0598. The summed E-state index contributed by atoms with van der Waals surface area (Å²) in [6, 6.07) is 11.3. The number of Topliss-reactive ketones (excluding diaryl/α,β-unsaturated/α-hetero) is 1. The van der Waals surface area contributed by atoms with Gasteiger partial charge in [-0.05, 0) is 31.0 Å². The maximum Gasteiger partial charge on any atom is 0.336 e. The van der Waals surface area contributed by atoms with Crippen LogP contribution >= 0.6 is 0 Å². The molecule has 1 aliphatic carbocycles. The second-order valence-electron chi connectivity index (χ2n) is 8.67. The van der Waals surface area contributed by atoms with Gasteiger partial charge in [0.15, 0.2) is 17.3 Å². The van der Waals surface area contributed by atoms with Crippen molar-refractivity contribution >= 4 is 11.8 Å². The zero-order valence-electron chi connectivity index (χ0n) is 21.4. The van der Waals surface area contributed by atoms with Gasteiger partial charge in [-0.3, -0.25) is 4.79 Å². The molecule has 1 N–H and O–H groups in total. The second-order valence-corrected chi connectivity index (χ2v) is 8.67. The number of hydrogen-bond acceptors (Lipinski definition) is 8. The van der Waals surface area contributed by atoms with E-state index in [1.54, 1.807) is 19.2 Å². The Balaban J connectivity index is 1.91. The highest BCUT2D eigenvalue weighted by atomic mass is 16.5. The summed E-state index contributed by atoms with van der Waals surface area (Å²) in [7, 11) is 7.53. The van der Waals surface area contributed by atoms with Crippen molar-refractivity contribution in [3.63, 3.8) is 0 Å². The lowest BCUT2D eigenvalue weighted by atomic mass is 9.71. The average Bonchev–Trinajstić information content (AvgIpc) is 2.90. The van der Waals surface area contributed by atoms with Crippen molar-refractivity contribution in [1.82, 2.24) is 5.32 Å². The Morgan fingerprint density at radius 1 is 0.833 bits per heavy atom. The second kappa shape index (κ2) is 10.4. The van der Waals surface area contributed by atoms with E-state index in [9.17, 15) is 9.59 Å². The van der Waals surface area contributed by atoms with Crippen LogP contribution in [-0.2, 0) is 14.3 Å². The molecule has 0 amide bonds. The number of carbonyl (C=O) groups excluding carboxylic acids is 2. The Morgan fingerprint density at radius 3 is 2.17 bits per heavy atom. The fourth-order valence-corrected chi connectivity index (χ4v) is 5.31. The van der Waals surface area contributed by atoms with E-state index in [-0.39, 0.29) is 18.1 Å². The predicted molar refractivity (Wildman–Crippen MR) is 134 cm³/mol. The lowest BCUT2D eigenvalue weighted by Crippen LogP contribution is -2.36. The number of carbonyl (C=O) groups is 2. The van der Waals surface area contributed by atoms with Gasteiger partial charge in [0.05, 0.1) is 47.0 Å². The van der Waals surface area contributed by atoms with E-state index in [1.165, 1.54) is 28.4 Å². The quantitative estimate of drug-likeness (QED) is 0.572. The minimum atomic E-state index is -0.699. The molecule has 0 spiro atoms. The summed E-state index contributed by atoms with van der Waals surface area (Å²) in [5.41, 5.74) is 3.86. The Morgan fingerprint density at radius 2 is 1.53 bits per heavy atom. The van der Waals surface area contributed by atoms with Crippen LogP contribution in [0.4, 0.5) is 0 Å². The number of hydrogen-bond donors (Lipinski definition) is 1. The van der Waals surface area contributed by atoms with Gasteiger partial charge in [-0.2, -0.15) is 0 Å². The molecule has 0 unspecified atom stereocenters. The summed E-state index contributed by atoms with van der Waals surface area (Å²) in [5, 5.41) is 3.34. The molecular weight excluding hydrogens is 462 g/mol. The van der Waals surface area contributed by atoms with E-state index in [0.717, 1.165) is 17.0 Å². The van der Waals surface area contributed by atoms with E-state index in [1.807, 2.05) is 31.2 Å². The van der Waals surface area contributed by atoms with Crippen LogP contribution in [-0.4, -0.2) is 47.3 Å². The number of ketones is 1. The Labute approximate surface area is 210 Å². The van der Waals surface area contributed by atoms with Crippen molar-refractivity contribution in [2.45, 2.75) is 31.6 Å². The molecule has 0 radical (unpaired) electrons. The summed E-state index contributed by atoms with van der Waals surface area (Å²) >= 11 is 0. The van der Waals surface area contributed by atoms with Crippen molar-refractivity contribution in [2.75, 3.05) is 35.5 Å². The van der Waals surface area contributed by atoms with Crippen LogP contribution in [0.1, 0.15) is 42.7 Å². The molecule has 4 rings (SSSR count). The minimum Gasteiger partial charge on any atom is -0.496 e. The molecule has 36 heavy (non-hydrogen) atoms. The summed E-state index contributed by atoms with van der Waals surface area (Å²) in [6.45, 7) is 1.81. The van der Waals surface area contributed by atoms with Crippen LogP contribution in [0.2, 0.25) is 0 Å². The van der Waals surface area contributed by atoms with Crippen molar-refractivity contribution in [3.05, 3.63) is 70.1 Å². The molecule has 0 aromatic heterocycles. The maximum absolute atomic E-state index is 13.8. The number of rotatable bonds is 7. The van der Waals surface area contributed by atoms with Gasteiger partial charge in [0.25, 0.3) is 0 Å². The highest BCUT2D eigenvalue weighted by Gasteiger charge is 2.43. The van der Waals surface area contributed by atoms with Gasteiger partial charge in [-0.25, -0.2) is 4.79 Å². The van der Waals surface area contributed by atoms with E-state index < -0.39 is 11.9 Å². The zero-order chi connectivity index (χ0) is 26.0. The molecule has 2 atom stereocenters. The highest BCUT2D eigenvalue weighted by molar-refractivity contribution is 6.04. The lowest BCUT2D eigenvalue weighted by molar-refractivity contribution is -0.136. The average molecular weight is 494 g/mol. The van der Waals surface area contributed by atoms with E-state index in [2.05, 4.69) is 5.32 Å². The van der Waals surface area contributed by atoms with Crippen LogP contribution in [0.15, 0.2) is 58.9 Å². The molecule has 1 aliphatic heterocycles. The number of dihydropyridines is 1. The lowest BCUT2D eigenvalue weighted by Gasteiger charge is -2.37. The first kappa shape index (κ1) is 25.2. The highest BCUT2D eigenvalue weighted by Crippen LogP contribution is 2.51. The molecule has 2 aliphatic rings. The topological polar surface area (TPSA) is 92.3 Å². The van der Waals surface area contributed by atoms with Crippen molar-refractivity contribution < 1.29 is 33.3 Å². The van der Waals surface area contributed by atoms with Gasteiger partial charge in [0.2, 0.25) is 5.75 Å². The molecular formula is C28H31NO7. The number of ether oxygens (including phenoxy) is 5. The Kier molecular flexibility index (Phi) is 7.24. The van der Waals surface area contributed by atoms with E-state index >= 15 is 0 Å². The standard InChI is InChI=1S/C28H31NO7/c1-15-23(28(31)36-6)24(18-11-12-22(33-3)27(35-5)26(18)34-4)25-19(29-15)13-16(14-20(25)30)17-9-7-8-10-21(17)32-2/h7-12,16,24,29H,13-14H2,1-6H3/t16-,24+/m1/s1. The predicted octanol–water partition coefficient (Wildman–Crippen LogP) is 4.26. The number of esters is 1. The normalized spacial score (nSPS) is 19.3. The van der Waals surface area contributed by atoms with Gasteiger partial charge >= 0.3 is 5.97 Å². The molecule has 8 heteroatoms. The van der Waals surface area contributed by atoms with Crippen LogP contribution in [0, 0.1) is 0 Å². The maximum atomic E-state index is 13.8. The largest absolute Gasteiger partial charge is 0.496 e. The first-order valence-corrected chi connectivity index (χ1v) is 11.6. The first-order valence-electron chi connectivity index (χ1n) is 11.6. The van der Waals surface area contributed by atoms with Crippen LogP contribution in [0.25, 0.3) is 0 Å². The number of nitrogens with one attached hydrogen (secondary N) is 1. The fraction of sp³-hybridized carbons (Fsp3) is 0.357. The number of benzene rings is 2. The Hall–Kier alpha value is -3.94. The van der Waals surface area contributed by atoms with E-state index in [4.69, 9.17) is 23.7 Å². The van der Waals surface area contributed by atoms with Crippen LogP contribution in [0.5, 0.6) is 23.0 Å². The van der Waals surface area contributed by atoms with Crippen LogP contribution < -0.4 is 24.3 Å². The summed E-state index contributed by atoms with van der Waals surface area (Å²) < 4.78 is 27.5. The molecule has 190 valence electrons. The third-order valence-corrected chi connectivity index (χ3v) is 6.86. The van der Waals surface area contributed by atoms with Gasteiger partial charge in [0.1, 0.15) is 5.75 Å². The molecule has 0 saturated heterocycles. The summed E-state index contributed by atoms with van der Waals surface area (Å²) in [4.78, 5) is 26.8.